The van der Waals surface area contributed by atoms with E-state index in [9.17, 15) is 39.0 Å². The van der Waals surface area contributed by atoms with Gasteiger partial charge < -0.3 is 57.2 Å². The standard InChI is InChI=1S/C25H42N2O14/c1-9-16(20(30)31)38-22(34)24(36-13-11-26(3,4)5)40-18(28)15-19(29)41-25(37-14-12-27(6,7)8)23(35)39-17(10-2)21(32)33/h16-17,24-25H,9-15H2,1-8H3. The van der Waals surface area contributed by atoms with Crippen LogP contribution >= 0.6 is 0 Å². The van der Waals surface area contributed by atoms with Crippen molar-refractivity contribution in [3.63, 3.8) is 0 Å². The van der Waals surface area contributed by atoms with Crippen LogP contribution in [-0.2, 0) is 57.2 Å². The van der Waals surface area contributed by atoms with E-state index in [-0.39, 0.29) is 26.1 Å². The largest absolute Gasteiger partial charge is 0.546 e. The second kappa shape index (κ2) is 17.5. The molecule has 0 aromatic carbocycles. The van der Waals surface area contributed by atoms with Crippen molar-refractivity contribution in [1.29, 1.82) is 0 Å². The Morgan fingerprint density at radius 2 is 0.902 bits per heavy atom. The SMILES string of the molecule is CCC(OC(=O)C(OCC[N+](C)(C)C)OC(=O)CC(=O)OC(OCC[N+](C)(C)C)C(=O)OC(CC)C(=O)[O-])C(=O)[O-]. The fourth-order valence-corrected chi connectivity index (χ4v) is 2.60. The van der Waals surface area contributed by atoms with E-state index >= 15 is 0 Å². The van der Waals surface area contributed by atoms with Crippen LogP contribution < -0.4 is 10.2 Å². The van der Waals surface area contributed by atoms with E-state index in [1.807, 2.05) is 42.3 Å². The zero-order valence-electron chi connectivity index (χ0n) is 24.9. The molecule has 0 rings (SSSR count). The number of carbonyl (C=O) groups is 6. The summed E-state index contributed by atoms with van der Waals surface area (Å²) in [4.78, 5) is 72.1. The zero-order valence-corrected chi connectivity index (χ0v) is 24.9. The van der Waals surface area contributed by atoms with Gasteiger partial charge in [-0.15, -0.1) is 0 Å². The van der Waals surface area contributed by atoms with Gasteiger partial charge in [0.15, 0.2) is 0 Å². The Morgan fingerprint density at radius 3 is 1.15 bits per heavy atom. The molecule has 0 bridgehead atoms. The maximum absolute atomic E-state index is 12.5. The summed E-state index contributed by atoms with van der Waals surface area (Å²) in [6, 6.07) is 0. The summed E-state index contributed by atoms with van der Waals surface area (Å²) >= 11 is 0. The minimum atomic E-state index is -2.02. The number of carboxylic acids is 2. The molecular formula is C25H42N2O14. The summed E-state index contributed by atoms with van der Waals surface area (Å²) in [5.74, 6) is -8.72. The van der Waals surface area contributed by atoms with Crippen LogP contribution in [-0.4, -0.2) is 138 Å². The van der Waals surface area contributed by atoms with E-state index in [0.29, 0.717) is 22.1 Å². The maximum Gasteiger partial charge on any atom is 0.377 e. The van der Waals surface area contributed by atoms with Gasteiger partial charge in [0.1, 0.15) is 44.9 Å². The molecule has 0 amide bonds. The lowest BCUT2D eigenvalue weighted by molar-refractivity contribution is -0.870. The average molecular weight is 595 g/mol. The Labute approximate surface area is 239 Å². The zero-order chi connectivity index (χ0) is 32.0. The number of aliphatic carboxylic acids is 2. The number of ether oxygens (including phenoxy) is 6. The van der Waals surface area contributed by atoms with E-state index in [2.05, 4.69) is 0 Å². The topological polar surface area (TPSA) is 204 Å². The van der Waals surface area contributed by atoms with Gasteiger partial charge in [-0.3, -0.25) is 9.59 Å². The highest BCUT2D eigenvalue weighted by atomic mass is 16.7. The molecule has 0 aromatic rings. The third kappa shape index (κ3) is 17.2. The Balaban J connectivity index is 5.50. The van der Waals surface area contributed by atoms with Crippen molar-refractivity contribution in [3.05, 3.63) is 0 Å². The molecule has 0 aliphatic carbocycles. The monoisotopic (exact) mass is 594 g/mol. The molecule has 0 fully saturated rings. The van der Waals surface area contributed by atoms with E-state index in [1.165, 1.54) is 13.8 Å². The van der Waals surface area contributed by atoms with Gasteiger partial charge in [0, 0.05) is 0 Å². The average Bonchev–Trinajstić information content (AvgIpc) is 2.82. The van der Waals surface area contributed by atoms with Crippen LogP contribution in [0.25, 0.3) is 0 Å². The Hall–Kier alpha value is -3.34. The Bertz CT molecular complexity index is 837. The summed E-state index contributed by atoms with van der Waals surface area (Å²) in [6.07, 6.45) is -8.74. The molecule has 0 aliphatic heterocycles. The summed E-state index contributed by atoms with van der Waals surface area (Å²) in [7, 11) is 10.9. The second-order valence-corrected chi connectivity index (χ2v) is 10.9. The number of hydrogen-bond acceptors (Lipinski definition) is 14. The number of nitrogens with zero attached hydrogens (tertiary/aromatic N) is 2. The molecule has 0 saturated heterocycles. The van der Waals surface area contributed by atoms with Gasteiger partial charge in [0.2, 0.25) is 0 Å². The molecule has 16 heteroatoms. The number of carbonyl (C=O) groups excluding carboxylic acids is 6. The van der Waals surface area contributed by atoms with E-state index in [4.69, 9.17) is 28.4 Å². The second-order valence-electron chi connectivity index (χ2n) is 10.9. The highest BCUT2D eigenvalue weighted by Crippen LogP contribution is 2.10. The van der Waals surface area contributed by atoms with Gasteiger partial charge in [-0.2, -0.15) is 0 Å². The molecule has 4 unspecified atom stereocenters. The van der Waals surface area contributed by atoms with Gasteiger partial charge >= 0.3 is 36.5 Å². The van der Waals surface area contributed by atoms with E-state index in [1.54, 1.807) is 0 Å². The maximum atomic E-state index is 12.5. The van der Waals surface area contributed by atoms with Crippen molar-refractivity contribution in [3.8, 4) is 0 Å². The van der Waals surface area contributed by atoms with Crippen LogP contribution in [0, 0.1) is 0 Å². The number of rotatable bonds is 20. The van der Waals surface area contributed by atoms with Crippen LogP contribution in [0.15, 0.2) is 0 Å². The summed E-state index contributed by atoms with van der Waals surface area (Å²) in [5, 5.41) is 22.3. The minimum Gasteiger partial charge on any atom is -0.546 e. The first kappa shape index (κ1) is 37.7. The van der Waals surface area contributed by atoms with E-state index in [0.717, 1.165) is 0 Å². The lowest BCUT2D eigenvalue weighted by atomic mass is 10.3. The summed E-state index contributed by atoms with van der Waals surface area (Å²) in [5.41, 5.74) is 0. The third-order valence-electron chi connectivity index (χ3n) is 5.00. The van der Waals surface area contributed by atoms with Crippen LogP contribution in [0.2, 0.25) is 0 Å². The van der Waals surface area contributed by atoms with Crippen molar-refractivity contribution in [2.45, 2.75) is 57.9 Å². The first-order valence-corrected chi connectivity index (χ1v) is 12.8. The highest BCUT2D eigenvalue weighted by molar-refractivity contribution is 5.93. The third-order valence-corrected chi connectivity index (χ3v) is 5.00. The molecule has 0 radical (unpaired) electrons. The molecule has 236 valence electrons. The van der Waals surface area contributed by atoms with Gasteiger partial charge in [0.25, 0.3) is 0 Å². The predicted octanol–water partition coefficient (Wildman–Crippen LogP) is -3.30. The van der Waals surface area contributed by atoms with Crippen LogP contribution in [0.4, 0.5) is 0 Å². The van der Waals surface area contributed by atoms with E-state index < -0.39 is 67.0 Å². The van der Waals surface area contributed by atoms with Crippen molar-refractivity contribution in [2.24, 2.45) is 0 Å². The van der Waals surface area contributed by atoms with Crippen LogP contribution in [0.5, 0.6) is 0 Å². The normalized spacial score (nSPS) is 14.6. The number of quaternary nitrogens is 2. The van der Waals surface area contributed by atoms with Crippen molar-refractivity contribution in [2.75, 3.05) is 68.6 Å². The van der Waals surface area contributed by atoms with Gasteiger partial charge in [-0.05, 0) is 12.8 Å². The molecule has 0 aromatic heterocycles. The fourth-order valence-electron chi connectivity index (χ4n) is 2.60. The molecule has 16 nitrogen and oxygen atoms in total. The lowest BCUT2D eigenvalue weighted by Gasteiger charge is -2.26. The number of esters is 4. The predicted molar refractivity (Wildman–Crippen MR) is 132 cm³/mol. The Morgan fingerprint density at radius 1 is 0.585 bits per heavy atom. The van der Waals surface area contributed by atoms with Crippen LogP contribution in [0.1, 0.15) is 33.1 Å². The van der Waals surface area contributed by atoms with Crippen molar-refractivity contribution in [1.82, 2.24) is 0 Å². The Kier molecular flexibility index (Phi) is 16.0. The molecule has 0 N–H and O–H groups in total. The van der Waals surface area contributed by atoms with Crippen molar-refractivity contribution >= 4 is 35.8 Å². The number of hydrogen-bond donors (Lipinski definition) is 0. The first-order chi connectivity index (χ1) is 18.8. The molecule has 0 saturated carbocycles. The number of likely N-dealkylation sites (N-methyl/N-ethyl adjacent to an activating group) is 2. The van der Waals surface area contributed by atoms with Crippen molar-refractivity contribution < 1.29 is 76.4 Å². The minimum absolute atomic E-state index is 0.117. The molecule has 41 heavy (non-hydrogen) atoms. The summed E-state index contributed by atoms with van der Waals surface area (Å²) < 4.78 is 30.7. The number of carboxylic acid groups (broad SMARTS) is 2. The van der Waals surface area contributed by atoms with Gasteiger partial charge in [0.05, 0.1) is 54.2 Å². The first-order valence-electron chi connectivity index (χ1n) is 12.8. The molecular weight excluding hydrogens is 552 g/mol. The van der Waals surface area contributed by atoms with Gasteiger partial charge in [-0.1, -0.05) is 13.8 Å². The quantitative estimate of drug-likeness (QED) is 0.0445. The van der Waals surface area contributed by atoms with Gasteiger partial charge in [-0.25, -0.2) is 9.59 Å². The molecule has 0 aliphatic rings. The summed E-state index contributed by atoms with van der Waals surface area (Å²) in [6.45, 7) is 3.30. The molecule has 4 atom stereocenters. The molecule has 0 heterocycles. The highest BCUT2D eigenvalue weighted by Gasteiger charge is 2.33. The lowest BCUT2D eigenvalue weighted by Crippen LogP contribution is -2.44. The van der Waals surface area contributed by atoms with Crippen LogP contribution in [0.3, 0.4) is 0 Å². The fraction of sp³-hybridized carbons (Fsp3) is 0.760. The smallest absolute Gasteiger partial charge is 0.377 e. The molecule has 0 spiro atoms.